The minimum Gasteiger partial charge on any atom is -0.351 e. The van der Waals surface area contributed by atoms with Gasteiger partial charge in [0, 0.05) is 24.3 Å². The third-order valence-electron chi connectivity index (χ3n) is 5.23. The van der Waals surface area contributed by atoms with Crippen LogP contribution < -0.4 is 15.8 Å². The van der Waals surface area contributed by atoms with Gasteiger partial charge in [-0.1, -0.05) is 6.07 Å². The van der Waals surface area contributed by atoms with Gasteiger partial charge in [0.2, 0.25) is 10.0 Å². The average Bonchev–Trinajstić information content (AvgIpc) is 3.22. The van der Waals surface area contributed by atoms with Crippen molar-refractivity contribution in [2.24, 2.45) is 5.14 Å². The minimum absolute atomic E-state index is 0.188. The maximum atomic E-state index is 13.2. The van der Waals surface area contributed by atoms with E-state index < -0.39 is 14.9 Å². The molecule has 0 atom stereocenters. The molecule has 1 amide bonds. The molecular weight excluding hydrogens is 461 g/mol. The van der Waals surface area contributed by atoms with E-state index in [1.54, 1.807) is 41.3 Å². The Morgan fingerprint density at radius 2 is 1.82 bits per heavy atom. The van der Waals surface area contributed by atoms with Gasteiger partial charge in [0.05, 0.1) is 29.2 Å². The van der Waals surface area contributed by atoms with Crippen LogP contribution in [0.15, 0.2) is 61.2 Å². The number of aromatic nitrogens is 4. The van der Waals surface area contributed by atoms with Crippen LogP contribution in [0.25, 0.3) is 16.6 Å². The van der Waals surface area contributed by atoms with Crippen LogP contribution in [0.4, 0.5) is 10.2 Å². The number of nitrogens with one attached hydrogen (secondary N) is 2. The number of amides is 1. The van der Waals surface area contributed by atoms with E-state index in [9.17, 15) is 17.6 Å². The van der Waals surface area contributed by atoms with Gasteiger partial charge in [0.25, 0.3) is 5.91 Å². The van der Waals surface area contributed by atoms with Gasteiger partial charge < -0.3 is 10.6 Å². The zero-order valence-electron chi connectivity index (χ0n) is 18.4. The predicted molar refractivity (Wildman–Crippen MR) is 125 cm³/mol. The number of halogens is 1. The number of carbonyl (C=O) groups is 1. The van der Waals surface area contributed by atoms with Crippen molar-refractivity contribution in [2.75, 3.05) is 5.32 Å². The first-order chi connectivity index (χ1) is 16.0. The molecule has 0 aliphatic rings. The molecule has 34 heavy (non-hydrogen) atoms. The van der Waals surface area contributed by atoms with E-state index in [0.717, 1.165) is 0 Å². The molecule has 0 aliphatic carbocycles. The van der Waals surface area contributed by atoms with Gasteiger partial charge in [-0.25, -0.2) is 27.6 Å². The highest BCUT2D eigenvalue weighted by atomic mass is 32.2. The van der Waals surface area contributed by atoms with Crippen LogP contribution in [0.2, 0.25) is 0 Å². The summed E-state index contributed by atoms with van der Waals surface area (Å²) in [5.74, 6) is -0.379. The van der Waals surface area contributed by atoms with Gasteiger partial charge in [-0.15, -0.1) is 0 Å². The molecule has 0 saturated heterocycles. The lowest BCUT2D eigenvalue weighted by Gasteiger charge is -2.24. The van der Waals surface area contributed by atoms with Gasteiger partial charge >= 0.3 is 0 Å². The molecule has 0 unspecified atom stereocenters. The highest BCUT2D eigenvalue weighted by molar-refractivity contribution is 7.90. The molecule has 3 aromatic heterocycles. The van der Waals surface area contributed by atoms with E-state index in [0.29, 0.717) is 33.5 Å². The third-order valence-corrected chi connectivity index (χ3v) is 6.76. The van der Waals surface area contributed by atoms with Crippen LogP contribution in [-0.2, 0) is 16.6 Å². The highest BCUT2D eigenvalue weighted by Gasteiger charge is 2.31. The smallest absolute Gasteiger partial charge is 0.253 e. The summed E-state index contributed by atoms with van der Waals surface area (Å²) in [6, 6.07) is 9.15. The predicted octanol–water partition coefficient (Wildman–Crippen LogP) is 2.32. The van der Waals surface area contributed by atoms with Gasteiger partial charge in [-0.3, -0.25) is 9.78 Å². The van der Waals surface area contributed by atoms with E-state index in [1.807, 2.05) is 0 Å². The first-order valence-corrected chi connectivity index (χ1v) is 11.7. The number of rotatable bonds is 7. The van der Waals surface area contributed by atoms with Crippen LogP contribution in [0.5, 0.6) is 0 Å². The first kappa shape index (κ1) is 23.3. The summed E-state index contributed by atoms with van der Waals surface area (Å²) in [7, 11) is -3.84. The minimum atomic E-state index is -3.84. The average molecular weight is 484 g/mol. The summed E-state index contributed by atoms with van der Waals surface area (Å²) >= 11 is 0. The fraction of sp³-hybridized carbons (Fsp3) is 0.182. The summed E-state index contributed by atoms with van der Waals surface area (Å²) in [5.41, 5.74) is 2.29. The summed E-state index contributed by atoms with van der Waals surface area (Å²) < 4.78 is 38.1. The fourth-order valence-corrected chi connectivity index (χ4v) is 3.42. The van der Waals surface area contributed by atoms with Crippen molar-refractivity contribution in [1.29, 1.82) is 0 Å². The van der Waals surface area contributed by atoms with Crippen molar-refractivity contribution in [3.63, 3.8) is 0 Å². The number of hydrogen-bond acceptors (Lipinski definition) is 7. The standard InChI is InChI=1S/C22H22FN7O3S/c1-22(2,34(24,32)33)29-20-8-3-14(9-26-20)10-27-21(31)18-11-25-13-19-17(18)12-28-30(19)16-6-4-15(23)5-7-16/h3-9,11-13H,10H2,1-2H3,(H,26,29)(H,27,31)(H2,24,32,33). The lowest BCUT2D eigenvalue weighted by Crippen LogP contribution is -2.44. The molecule has 12 heteroatoms. The summed E-state index contributed by atoms with van der Waals surface area (Å²) in [6.07, 6.45) is 6.12. The molecular formula is C22H22FN7O3S. The molecule has 0 saturated carbocycles. The molecule has 4 aromatic rings. The Morgan fingerprint density at radius 1 is 1.09 bits per heavy atom. The van der Waals surface area contributed by atoms with Crippen molar-refractivity contribution in [2.45, 2.75) is 25.3 Å². The van der Waals surface area contributed by atoms with Gasteiger partial charge in [0.1, 0.15) is 16.5 Å². The molecule has 0 spiro atoms. The SMILES string of the molecule is CC(C)(Nc1ccc(CNC(=O)c2cncc3c2cnn3-c2ccc(F)cc2)cn1)S(N)(=O)=O. The number of nitrogens with zero attached hydrogens (tertiary/aromatic N) is 4. The Kier molecular flexibility index (Phi) is 6.02. The Morgan fingerprint density at radius 3 is 2.47 bits per heavy atom. The second-order valence-electron chi connectivity index (χ2n) is 8.07. The molecule has 10 nitrogen and oxygen atoms in total. The maximum absolute atomic E-state index is 13.2. The number of fused-ring (bicyclic) bond motifs is 1. The van der Waals surface area contributed by atoms with Crippen LogP contribution in [-0.4, -0.2) is 38.9 Å². The third kappa shape index (κ3) is 4.72. The molecule has 0 radical (unpaired) electrons. The van der Waals surface area contributed by atoms with Crippen molar-refractivity contribution in [1.82, 2.24) is 25.1 Å². The molecule has 3 heterocycles. The number of pyridine rings is 2. The Balaban J connectivity index is 1.47. The second kappa shape index (κ2) is 8.80. The van der Waals surface area contributed by atoms with Crippen LogP contribution in [0.3, 0.4) is 0 Å². The van der Waals surface area contributed by atoms with E-state index in [-0.39, 0.29) is 18.3 Å². The first-order valence-electron chi connectivity index (χ1n) is 10.2. The van der Waals surface area contributed by atoms with Gasteiger partial charge in [-0.2, -0.15) is 5.10 Å². The van der Waals surface area contributed by atoms with E-state index >= 15 is 0 Å². The van der Waals surface area contributed by atoms with E-state index in [4.69, 9.17) is 5.14 Å². The van der Waals surface area contributed by atoms with Crippen LogP contribution in [0.1, 0.15) is 29.8 Å². The number of anilines is 1. The van der Waals surface area contributed by atoms with Gasteiger partial charge in [-0.05, 0) is 49.7 Å². The van der Waals surface area contributed by atoms with Crippen LogP contribution >= 0.6 is 0 Å². The van der Waals surface area contributed by atoms with Crippen LogP contribution in [0, 0.1) is 5.82 Å². The van der Waals surface area contributed by atoms with Crippen molar-refractivity contribution in [3.8, 4) is 5.69 Å². The topological polar surface area (TPSA) is 145 Å². The lowest BCUT2D eigenvalue weighted by atomic mass is 10.1. The van der Waals surface area contributed by atoms with Crippen molar-refractivity contribution in [3.05, 3.63) is 78.1 Å². The Hall–Kier alpha value is -3.90. The number of carbonyl (C=O) groups excluding carboxylic acids is 1. The summed E-state index contributed by atoms with van der Waals surface area (Å²) in [4.78, 5) is 19.8. The number of benzene rings is 1. The zero-order chi connectivity index (χ0) is 24.5. The monoisotopic (exact) mass is 483 g/mol. The number of hydrogen-bond donors (Lipinski definition) is 3. The molecule has 1 aromatic carbocycles. The summed E-state index contributed by atoms with van der Waals surface area (Å²) in [6.45, 7) is 3.06. The largest absolute Gasteiger partial charge is 0.351 e. The zero-order valence-corrected chi connectivity index (χ0v) is 19.2. The lowest BCUT2D eigenvalue weighted by molar-refractivity contribution is 0.0952. The van der Waals surface area contributed by atoms with E-state index in [2.05, 4.69) is 25.7 Å². The molecule has 0 bridgehead atoms. The summed E-state index contributed by atoms with van der Waals surface area (Å²) in [5, 5.41) is 15.7. The maximum Gasteiger partial charge on any atom is 0.253 e. The van der Waals surface area contributed by atoms with Gasteiger partial charge in [0.15, 0.2) is 0 Å². The van der Waals surface area contributed by atoms with E-state index in [1.165, 1.54) is 38.4 Å². The molecule has 4 rings (SSSR count). The Labute approximate surface area is 195 Å². The quantitative estimate of drug-likeness (QED) is 0.366. The normalized spacial score (nSPS) is 12.0. The molecule has 0 aliphatic heterocycles. The van der Waals surface area contributed by atoms with Crippen molar-refractivity contribution < 1.29 is 17.6 Å². The molecule has 0 fully saturated rings. The Bertz CT molecular complexity index is 1450. The molecule has 176 valence electrons. The number of sulfonamides is 1. The van der Waals surface area contributed by atoms with Crippen molar-refractivity contribution >= 4 is 32.7 Å². The second-order valence-corrected chi connectivity index (χ2v) is 10.2. The highest BCUT2D eigenvalue weighted by Crippen LogP contribution is 2.21. The number of nitrogens with two attached hydrogens (primary N) is 1. The molecule has 4 N–H and O–H groups in total. The number of primary sulfonamides is 1. The fourth-order valence-electron chi connectivity index (χ4n) is 3.17.